The number of nitrogens with zero attached hydrogens (tertiary/aromatic N) is 4. The van der Waals surface area contributed by atoms with Crippen molar-refractivity contribution >= 4 is 51.6 Å². The smallest absolute Gasteiger partial charge is 0.324 e. The number of benzene rings is 1. The van der Waals surface area contributed by atoms with Crippen LogP contribution in [0, 0.1) is 6.92 Å². The molecule has 32 heavy (non-hydrogen) atoms. The molecular weight excluding hydrogens is 471 g/mol. The summed E-state index contributed by atoms with van der Waals surface area (Å²) in [5, 5.41) is 4.31. The van der Waals surface area contributed by atoms with E-state index in [9.17, 15) is 9.59 Å². The number of hydrogen-bond acceptors (Lipinski definition) is 6. The number of carbonyl (C=O) groups excluding carboxylic acids is 2. The average molecular weight is 491 g/mol. The maximum atomic E-state index is 12.6. The minimum absolute atomic E-state index is 0.386. The fourth-order valence-corrected chi connectivity index (χ4v) is 5.08. The molecule has 2 aromatic heterocycles. The lowest BCUT2D eigenvalue weighted by molar-refractivity contribution is -0.121. The number of carbonyl (C=O) groups is 2. The Balaban J connectivity index is 1.53. The zero-order valence-electron chi connectivity index (χ0n) is 17.1. The summed E-state index contributed by atoms with van der Waals surface area (Å²) in [5.74, 6) is 0.0676. The third kappa shape index (κ3) is 4.69. The summed E-state index contributed by atoms with van der Waals surface area (Å²) < 4.78 is 0. The molecule has 11 heteroatoms. The Hall–Kier alpha value is -2.75. The molecule has 3 N–H and O–H groups in total. The number of primary amides is 1. The predicted molar refractivity (Wildman–Crippen MR) is 125 cm³/mol. The number of amides is 3. The quantitative estimate of drug-likeness (QED) is 0.553. The molecule has 1 fully saturated rings. The van der Waals surface area contributed by atoms with Crippen LogP contribution >= 0.6 is 34.5 Å². The Bertz CT molecular complexity index is 1160. The van der Waals surface area contributed by atoms with Crippen molar-refractivity contribution in [3.05, 3.63) is 57.6 Å². The van der Waals surface area contributed by atoms with Crippen LogP contribution in [0.4, 0.5) is 9.93 Å². The number of urea groups is 1. The van der Waals surface area contributed by atoms with Crippen molar-refractivity contribution in [2.75, 3.05) is 11.9 Å². The van der Waals surface area contributed by atoms with Crippen LogP contribution < -0.4 is 11.1 Å². The molecule has 4 rings (SSSR count). The first-order valence-corrected chi connectivity index (χ1v) is 11.5. The first-order valence-electron chi connectivity index (χ1n) is 9.93. The van der Waals surface area contributed by atoms with Crippen molar-refractivity contribution in [2.45, 2.75) is 32.2 Å². The number of nitrogens with one attached hydrogen (secondary N) is 1. The topological polar surface area (TPSA) is 114 Å². The molecule has 8 nitrogen and oxygen atoms in total. The Morgan fingerprint density at radius 3 is 2.72 bits per heavy atom. The van der Waals surface area contributed by atoms with E-state index in [2.05, 4.69) is 20.3 Å². The van der Waals surface area contributed by atoms with E-state index in [0.717, 1.165) is 22.6 Å². The standard InChI is InChI=1S/C21H20Cl2N6O2S/c1-11-18(32-20(26-11)28-21(31)29-9-3-6-16(29)19(24)30)15-7-8-25-17(27-15)10-12-13(22)4-2-5-14(12)23/h2,4-5,7-8,16H,3,6,9-10H2,1H3,(H2,24,30)(H,26,28,31)/t16-/m0/s1. The molecule has 3 heterocycles. The SMILES string of the molecule is Cc1nc(NC(=O)N2CCC[C@H]2C(N)=O)sc1-c1ccnc(Cc2c(Cl)cccc2Cl)n1. The Morgan fingerprint density at radius 2 is 2.00 bits per heavy atom. The van der Waals surface area contributed by atoms with Gasteiger partial charge >= 0.3 is 6.03 Å². The van der Waals surface area contributed by atoms with E-state index in [1.54, 1.807) is 30.5 Å². The van der Waals surface area contributed by atoms with Gasteiger partial charge in [0.1, 0.15) is 11.9 Å². The highest BCUT2D eigenvalue weighted by Gasteiger charge is 2.33. The van der Waals surface area contributed by atoms with Gasteiger partial charge in [0.15, 0.2) is 5.13 Å². The van der Waals surface area contributed by atoms with Gasteiger partial charge in [-0.2, -0.15) is 0 Å². The molecule has 0 spiro atoms. The van der Waals surface area contributed by atoms with E-state index in [1.165, 1.54) is 16.2 Å². The van der Waals surface area contributed by atoms with Gasteiger partial charge in [-0.1, -0.05) is 40.6 Å². The molecule has 1 saturated heterocycles. The number of halogens is 2. The van der Waals surface area contributed by atoms with Crippen molar-refractivity contribution in [1.82, 2.24) is 19.9 Å². The summed E-state index contributed by atoms with van der Waals surface area (Å²) in [5.41, 5.74) is 7.57. The van der Waals surface area contributed by atoms with E-state index in [4.69, 9.17) is 28.9 Å². The summed E-state index contributed by atoms with van der Waals surface area (Å²) in [7, 11) is 0. The number of likely N-dealkylation sites (tertiary alicyclic amines) is 1. The van der Waals surface area contributed by atoms with Gasteiger partial charge in [0, 0.05) is 29.2 Å². The fraction of sp³-hybridized carbons (Fsp3) is 0.286. The molecular formula is C21H20Cl2N6O2S. The van der Waals surface area contributed by atoms with E-state index in [1.807, 2.05) is 6.92 Å². The lowest BCUT2D eigenvalue weighted by atomic mass is 10.1. The number of thiazole rings is 1. The third-order valence-electron chi connectivity index (χ3n) is 5.19. The van der Waals surface area contributed by atoms with Crippen molar-refractivity contribution in [2.24, 2.45) is 5.73 Å². The van der Waals surface area contributed by atoms with Crippen LogP contribution in [0.25, 0.3) is 10.6 Å². The molecule has 0 bridgehead atoms. The van der Waals surface area contributed by atoms with Gasteiger partial charge in [0.25, 0.3) is 0 Å². The first-order chi connectivity index (χ1) is 15.3. The van der Waals surface area contributed by atoms with Gasteiger partial charge < -0.3 is 10.6 Å². The summed E-state index contributed by atoms with van der Waals surface area (Å²) >= 11 is 13.9. The van der Waals surface area contributed by atoms with Crippen molar-refractivity contribution in [1.29, 1.82) is 0 Å². The van der Waals surface area contributed by atoms with Crippen LogP contribution in [0.1, 0.15) is 29.9 Å². The molecule has 1 atom stereocenters. The number of aromatic nitrogens is 3. The van der Waals surface area contributed by atoms with Crippen LogP contribution in [0.3, 0.4) is 0 Å². The number of nitrogens with two attached hydrogens (primary N) is 1. The zero-order valence-corrected chi connectivity index (χ0v) is 19.5. The van der Waals surface area contributed by atoms with Crippen LogP contribution in [0.5, 0.6) is 0 Å². The molecule has 1 aliphatic rings. The lowest BCUT2D eigenvalue weighted by Gasteiger charge is -2.21. The normalized spacial score (nSPS) is 15.7. The van der Waals surface area contributed by atoms with Gasteiger partial charge in [-0.15, -0.1) is 0 Å². The molecule has 1 aromatic carbocycles. The van der Waals surface area contributed by atoms with Crippen LogP contribution in [0.15, 0.2) is 30.5 Å². The highest BCUT2D eigenvalue weighted by Crippen LogP contribution is 2.33. The predicted octanol–water partition coefficient (Wildman–Crippen LogP) is 4.29. The maximum absolute atomic E-state index is 12.6. The van der Waals surface area contributed by atoms with E-state index in [0.29, 0.717) is 46.1 Å². The number of anilines is 1. The monoisotopic (exact) mass is 490 g/mol. The van der Waals surface area contributed by atoms with Crippen LogP contribution in [-0.4, -0.2) is 44.4 Å². The third-order valence-corrected chi connectivity index (χ3v) is 6.99. The van der Waals surface area contributed by atoms with Gasteiger partial charge in [-0.05, 0) is 43.5 Å². The summed E-state index contributed by atoms with van der Waals surface area (Å²) in [4.78, 5) is 39.9. The highest BCUT2D eigenvalue weighted by molar-refractivity contribution is 7.19. The van der Waals surface area contributed by atoms with Gasteiger partial charge in [-0.3, -0.25) is 10.1 Å². The minimum atomic E-state index is -0.586. The highest BCUT2D eigenvalue weighted by atomic mass is 35.5. The van der Waals surface area contributed by atoms with Gasteiger partial charge in [-0.25, -0.2) is 19.7 Å². The maximum Gasteiger partial charge on any atom is 0.324 e. The molecule has 0 saturated carbocycles. The zero-order chi connectivity index (χ0) is 22.8. The first kappa shape index (κ1) is 22.4. The van der Waals surface area contributed by atoms with Crippen molar-refractivity contribution in [3.8, 4) is 10.6 Å². The molecule has 0 aliphatic carbocycles. The molecule has 0 unspecified atom stereocenters. The van der Waals surface area contributed by atoms with Crippen LogP contribution in [0.2, 0.25) is 10.0 Å². The van der Waals surface area contributed by atoms with E-state index in [-0.39, 0.29) is 6.03 Å². The molecule has 3 aromatic rings. The lowest BCUT2D eigenvalue weighted by Crippen LogP contribution is -2.45. The molecule has 0 radical (unpaired) electrons. The Morgan fingerprint density at radius 1 is 1.25 bits per heavy atom. The largest absolute Gasteiger partial charge is 0.368 e. The average Bonchev–Trinajstić information content (AvgIpc) is 3.38. The second kappa shape index (κ2) is 9.40. The van der Waals surface area contributed by atoms with Crippen molar-refractivity contribution < 1.29 is 9.59 Å². The van der Waals surface area contributed by atoms with E-state index >= 15 is 0 Å². The summed E-state index contributed by atoms with van der Waals surface area (Å²) in [6.07, 6.45) is 3.37. The van der Waals surface area contributed by atoms with Crippen molar-refractivity contribution in [3.63, 3.8) is 0 Å². The van der Waals surface area contributed by atoms with Gasteiger partial charge in [0.2, 0.25) is 5.91 Å². The molecule has 1 aliphatic heterocycles. The van der Waals surface area contributed by atoms with Gasteiger partial charge in [0.05, 0.1) is 16.3 Å². The summed E-state index contributed by atoms with van der Waals surface area (Å²) in [6.45, 7) is 2.33. The Kier molecular flexibility index (Phi) is 6.59. The molecule has 3 amide bonds. The second-order valence-corrected chi connectivity index (χ2v) is 9.17. The summed E-state index contributed by atoms with van der Waals surface area (Å²) in [6, 6.07) is 6.15. The second-order valence-electron chi connectivity index (χ2n) is 7.35. The number of aryl methyl sites for hydroxylation is 1. The Labute approximate surface area is 198 Å². The molecule has 166 valence electrons. The fourth-order valence-electron chi connectivity index (χ4n) is 3.63. The van der Waals surface area contributed by atoms with E-state index < -0.39 is 11.9 Å². The number of rotatable bonds is 5. The van der Waals surface area contributed by atoms with Crippen LogP contribution in [-0.2, 0) is 11.2 Å². The number of hydrogen-bond donors (Lipinski definition) is 2. The minimum Gasteiger partial charge on any atom is -0.368 e.